The van der Waals surface area contributed by atoms with Crippen LogP contribution in [0.5, 0.6) is 0 Å². The van der Waals surface area contributed by atoms with Crippen LogP contribution in [0.3, 0.4) is 0 Å². The average molecular weight is 384 g/mol. The second-order valence-electron chi connectivity index (χ2n) is 7.33. The Hall–Kier alpha value is -3.47. The van der Waals surface area contributed by atoms with Crippen LogP contribution in [-0.4, -0.2) is 20.5 Å². The van der Waals surface area contributed by atoms with Gasteiger partial charge in [-0.3, -0.25) is 4.79 Å². The lowest BCUT2D eigenvalue weighted by Gasteiger charge is -2.17. The first kappa shape index (κ1) is 18.9. The summed E-state index contributed by atoms with van der Waals surface area (Å²) in [6.45, 7) is 6.18. The molecule has 1 atom stereocenters. The fourth-order valence-electron chi connectivity index (χ4n) is 3.45. The van der Waals surface area contributed by atoms with Crippen LogP contribution in [0.1, 0.15) is 46.4 Å². The van der Waals surface area contributed by atoms with E-state index in [1.165, 1.54) is 11.1 Å². The van der Waals surface area contributed by atoms with Gasteiger partial charge in [-0.1, -0.05) is 66.6 Å². The monoisotopic (exact) mass is 384 g/mol. The third-order valence-electron chi connectivity index (χ3n) is 5.19. The summed E-state index contributed by atoms with van der Waals surface area (Å²) in [5.74, 6) is -0.166. The Balaban J connectivity index is 1.65. The van der Waals surface area contributed by atoms with Crippen molar-refractivity contribution >= 4 is 11.6 Å². The van der Waals surface area contributed by atoms with Gasteiger partial charge in [0.15, 0.2) is 5.65 Å². The van der Waals surface area contributed by atoms with Gasteiger partial charge in [0.25, 0.3) is 5.91 Å². The molecule has 146 valence electrons. The van der Waals surface area contributed by atoms with Crippen molar-refractivity contribution in [1.82, 2.24) is 19.9 Å². The SMILES string of the molecule is CCC(NC(=O)c1cnn2c(-c3ccc(C)cc3)ccnc12)c1ccc(C)cc1. The van der Waals surface area contributed by atoms with Gasteiger partial charge in [0, 0.05) is 11.8 Å². The first-order valence-electron chi connectivity index (χ1n) is 9.84. The molecule has 0 spiro atoms. The van der Waals surface area contributed by atoms with Crippen molar-refractivity contribution in [3.8, 4) is 11.3 Å². The summed E-state index contributed by atoms with van der Waals surface area (Å²) < 4.78 is 1.73. The highest BCUT2D eigenvalue weighted by molar-refractivity contribution is 6.00. The van der Waals surface area contributed by atoms with Crippen LogP contribution >= 0.6 is 0 Å². The summed E-state index contributed by atoms with van der Waals surface area (Å²) in [4.78, 5) is 17.4. The molecule has 2 heterocycles. The quantitative estimate of drug-likeness (QED) is 0.533. The van der Waals surface area contributed by atoms with Crippen LogP contribution in [-0.2, 0) is 0 Å². The topological polar surface area (TPSA) is 59.3 Å². The molecule has 2 aromatic carbocycles. The molecule has 0 saturated carbocycles. The van der Waals surface area contributed by atoms with E-state index in [-0.39, 0.29) is 11.9 Å². The number of nitrogens with zero attached hydrogens (tertiary/aromatic N) is 3. The van der Waals surface area contributed by atoms with Gasteiger partial charge in [-0.25, -0.2) is 9.50 Å². The number of rotatable bonds is 5. The summed E-state index contributed by atoms with van der Waals surface area (Å²) in [6, 6.07) is 18.3. The van der Waals surface area contributed by atoms with E-state index in [1.54, 1.807) is 16.9 Å². The second kappa shape index (κ2) is 7.87. The van der Waals surface area contributed by atoms with Crippen LogP contribution in [0.25, 0.3) is 16.9 Å². The molecule has 1 N–H and O–H groups in total. The highest BCUT2D eigenvalue weighted by Crippen LogP contribution is 2.23. The van der Waals surface area contributed by atoms with Crippen molar-refractivity contribution in [3.63, 3.8) is 0 Å². The zero-order chi connectivity index (χ0) is 20.4. The van der Waals surface area contributed by atoms with Crippen molar-refractivity contribution < 1.29 is 4.79 Å². The highest BCUT2D eigenvalue weighted by atomic mass is 16.1. The van der Waals surface area contributed by atoms with Crippen molar-refractivity contribution in [1.29, 1.82) is 0 Å². The molecular weight excluding hydrogens is 360 g/mol. The number of aromatic nitrogens is 3. The molecule has 4 aromatic rings. The molecule has 0 aliphatic rings. The molecule has 29 heavy (non-hydrogen) atoms. The number of carbonyl (C=O) groups is 1. The van der Waals surface area contributed by atoms with E-state index in [9.17, 15) is 4.79 Å². The van der Waals surface area contributed by atoms with Crippen molar-refractivity contribution in [2.75, 3.05) is 0 Å². The third kappa shape index (κ3) is 3.76. The number of hydrogen-bond donors (Lipinski definition) is 1. The zero-order valence-corrected chi connectivity index (χ0v) is 16.9. The van der Waals surface area contributed by atoms with Crippen LogP contribution in [0.15, 0.2) is 67.0 Å². The fraction of sp³-hybridized carbons (Fsp3) is 0.208. The van der Waals surface area contributed by atoms with Crippen LogP contribution in [0.4, 0.5) is 0 Å². The lowest BCUT2D eigenvalue weighted by atomic mass is 10.0. The van der Waals surface area contributed by atoms with E-state index >= 15 is 0 Å². The molecule has 1 amide bonds. The van der Waals surface area contributed by atoms with Crippen molar-refractivity contribution in [2.24, 2.45) is 0 Å². The predicted molar refractivity (Wildman–Crippen MR) is 115 cm³/mol. The molecule has 0 aliphatic carbocycles. The van der Waals surface area contributed by atoms with Gasteiger partial charge in [-0.05, 0) is 31.9 Å². The minimum Gasteiger partial charge on any atom is -0.345 e. The van der Waals surface area contributed by atoms with Gasteiger partial charge in [0.05, 0.1) is 17.9 Å². The molecule has 0 aliphatic heterocycles. The van der Waals surface area contributed by atoms with Gasteiger partial charge in [0.1, 0.15) is 5.56 Å². The van der Waals surface area contributed by atoms with E-state index in [0.29, 0.717) is 11.2 Å². The Kier molecular flexibility index (Phi) is 5.12. The molecule has 0 radical (unpaired) electrons. The first-order chi connectivity index (χ1) is 14.1. The summed E-state index contributed by atoms with van der Waals surface area (Å²) in [6.07, 6.45) is 4.12. The smallest absolute Gasteiger partial charge is 0.257 e. The molecule has 5 heteroatoms. The number of fused-ring (bicyclic) bond motifs is 1. The Morgan fingerprint density at radius 2 is 1.66 bits per heavy atom. The summed E-state index contributed by atoms with van der Waals surface area (Å²) in [5.41, 5.74) is 6.45. The van der Waals surface area contributed by atoms with E-state index < -0.39 is 0 Å². The molecular formula is C24H24N4O. The van der Waals surface area contributed by atoms with Crippen LogP contribution in [0.2, 0.25) is 0 Å². The van der Waals surface area contributed by atoms with Crippen molar-refractivity contribution in [2.45, 2.75) is 33.2 Å². The number of hydrogen-bond acceptors (Lipinski definition) is 3. The highest BCUT2D eigenvalue weighted by Gasteiger charge is 2.19. The Morgan fingerprint density at radius 3 is 2.31 bits per heavy atom. The number of amides is 1. The van der Waals surface area contributed by atoms with Gasteiger partial charge < -0.3 is 5.32 Å². The van der Waals surface area contributed by atoms with E-state index in [4.69, 9.17) is 0 Å². The normalized spacial score (nSPS) is 12.1. The molecule has 5 nitrogen and oxygen atoms in total. The number of nitrogens with one attached hydrogen (secondary N) is 1. The third-order valence-corrected chi connectivity index (χ3v) is 5.19. The molecule has 0 fully saturated rings. The van der Waals surface area contributed by atoms with Crippen LogP contribution < -0.4 is 5.32 Å². The largest absolute Gasteiger partial charge is 0.345 e. The van der Waals surface area contributed by atoms with E-state index in [0.717, 1.165) is 23.2 Å². The Morgan fingerprint density at radius 1 is 1.00 bits per heavy atom. The van der Waals surface area contributed by atoms with Gasteiger partial charge in [0.2, 0.25) is 0 Å². The maximum absolute atomic E-state index is 13.0. The lowest BCUT2D eigenvalue weighted by Crippen LogP contribution is -2.28. The minimum absolute atomic E-state index is 0.0571. The summed E-state index contributed by atoms with van der Waals surface area (Å²) in [7, 11) is 0. The first-order valence-corrected chi connectivity index (χ1v) is 9.84. The second-order valence-corrected chi connectivity index (χ2v) is 7.33. The predicted octanol–water partition coefficient (Wildman–Crippen LogP) is 4.89. The maximum atomic E-state index is 13.0. The molecule has 1 unspecified atom stereocenters. The average Bonchev–Trinajstić information content (AvgIpc) is 3.18. The van der Waals surface area contributed by atoms with E-state index in [2.05, 4.69) is 84.7 Å². The van der Waals surface area contributed by atoms with Crippen LogP contribution in [0, 0.1) is 13.8 Å². The van der Waals surface area contributed by atoms with Gasteiger partial charge in [-0.15, -0.1) is 0 Å². The minimum atomic E-state index is -0.166. The number of carbonyl (C=O) groups excluding carboxylic acids is 1. The maximum Gasteiger partial charge on any atom is 0.257 e. The molecule has 0 bridgehead atoms. The van der Waals surface area contributed by atoms with Crippen molar-refractivity contribution in [3.05, 3.63) is 89.2 Å². The molecule has 4 rings (SSSR count). The molecule has 2 aromatic heterocycles. The van der Waals surface area contributed by atoms with Gasteiger partial charge >= 0.3 is 0 Å². The Labute approximate surface area is 170 Å². The van der Waals surface area contributed by atoms with Gasteiger partial charge in [-0.2, -0.15) is 5.10 Å². The number of aryl methyl sites for hydroxylation is 2. The Bertz CT molecular complexity index is 1140. The lowest BCUT2D eigenvalue weighted by molar-refractivity contribution is 0.0937. The number of benzene rings is 2. The summed E-state index contributed by atoms with van der Waals surface area (Å²) >= 11 is 0. The zero-order valence-electron chi connectivity index (χ0n) is 16.9. The van der Waals surface area contributed by atoms with E-state index in [1.807, 2.05) is 6.07 Å². The summed E-state index contributed by atoms with van der Waals surface area (Å²) in [5, 5.41) is 7.58. The molecule has 0 saturated heterocycles. The fourth-order valence-corrected chi connectivity index (χ4v) is 3.45. The standard InChI is InChI=1S/C24H24N4O/c1-4-21(18-9-5-16(2)6-10-18)27-24(29)20-15-26-28-22(13-14-25-23(20)28)19-11-7-17(3)8-12-19/h5-15,21H,4H2,1-3H3,(H,27,29).